The van der Waals surface area contributed by atoms with E-state index in [1.165, 1.54) is 0 Å². The Bertz CT molecular complexity index is 2160. The fourth-order valence-electron chi connectivity index (χ4n) is 8.13. The van der Waals surface area contributed by atoms with E-state index >= 15 is 35.1 Å². The molecule has 0 bridgehead atoms. The zero-order valence-electron chi connectivity index (χ0n) is 32.4. The van der Waals surface area contributed by atoms with Gasteiger partial charge in [-0.2, -0.15) is 0 Å². The Labute approximate surface area is 323 Å². The summed E-state index contributed by atoms with van der Waals surface area (Å²) in [6.07, 6.45) is -0.203. The maximum absolute atomic E-state index is 16.2. The average molecular weight is 817 g/mol. The molecule has 56 heavy (non-hydrogen) atoms. The highest BCUT2D eigenvalue weighted by molar-refractivity contribution is 7.73. The van der Waals surface area contributed by atoms with Gasteiger partial charge in [-0.3, -0.25) is 0 Å². The van der Waals surface area contributed by atoms with E-state index in [0.717, 1.165) is 44.0 Å². The highest BCUT2D eigenvalue weighted by Crippen LogP contribution is 2.43. The number of halogens is 10. The van der Waals surface area contributed by atoms with Crippen molar-refractivity contribution in [2.24, 2.45) is 0 Å². The van der Waals surface area contributed by atoms with Crippen LogP contribution >= 0.6 is 7.92 Å². The van der Waals surface area contributed by atoms with Crippen LogP contribution in [0.25, 0.3) is 5.20 Å². The number of hydrogen-bond acceptors (Lipinski definition) is 0. The van der Waals surface area contributed by atoms with Gasteiger partial charge in [0.25, 0.3) is 6.71 Å². The lowest BCUT2D eigenvalue weighted by Gasteiger charge is -2.33. The molecule has 0 nitrogen and oxygen atoms in total. The van der Waals surface area contributed by atoms with Gasteiger partial charge in [-0.05, 0) is 100 Å². The minimum atomic E-state index is -2.98. The van der Waals surface area contributed by atoms with Gasteiger partial charge in [-0.25, -0.2) is 43.9 Å². The third-order valence-corrected chi connectivity index (χ3v) is 15.2. The fourth-order valence-corrected chi connectivity index (χ4v) is 13.5. The molecule has 0 aliphatic heterocycles. The molecule has 0 unspecified atom stereocenters. The summed E-state index contributed by atoms with van der Waals surface area (Å²) in [4.78, 5) is 0. The Hall–Kier alpha value is -4.15. The molecule has 0 aliphatic rings. The van der Waals surface area contributed by atoms with Crippen LogP contribution < -0.4 is 21.5 Å². The molecule has 0 heterocycles. The number of rotatable bonds is 10. The van der Waals surface area contributed by atoms with Crippen LogP contribution in [0.4, 0.5) is 43.9 Å². The van der Waals surface area contributed by atoms with Crippen molar-refractivity contribution in [3.8, 4) is 0 Å². The summed E-state index contributed by atoms with van der Waals surface area (Å²) in [6, 6.07) is 16.2. The van der Waals surface area contributed by atoms with Crippen molar-refractivity contribution in [1.82, 2.24) is 0 Å². The Morgan fingerprint density at radius 3 is 1.14 bits per heavy atom. The zero-order valence-corrected chi connectivity index (χ0v) is 34.3. The molecule has 5 rings (SSSR count). The smallest absolute Gasteiger partial charge is 0.204 e. The largest absolute Gasteiger partial charge is 0.253 e. The van der Waals surface area contributed by atoms with Crippen LogP contribution in [0.3, 0.4) is 0 Å². The first kappa shape index (κ1) is 43.0. The maximum Gasteiger partial charge on any atom is 0.253 e. The molecule has 5 aromatic rings. The van der Waals surface area contributed by atoms with Crippen LogP contribution in [0.2, 0.25) is 19.6 Å². The van der Waals surface area contributed by atoms with E-state index < -0.39 is 91.8 Å². The van der Waals surface area contributed by atoms with Crippen molar-refractivity contribution in [3.05, 3.63) is 157 Å². The van der Waals surface area contributed by atoms with E-state index in [1.54, 1.807) is 50.0 Å². The molecule has 0 aromatic heterocycles. The van der Waals surface area contributed by atoms with Crippen molar-refractivity contribution in [3.63, 3.8) is 0 Å². The van der Waals surface area contributed by atoms with Crippen LogP contribution in [-0.4, -0.2) is 20.9 Å². The van der Waals surface area contributed by atoms with E-state index in [0.29, 0.717) is 10.8 Å². The second-order valence-electron chi connectivity index (χ2n) is 15.3. The molecule has 0 saturated heterocycles. The lowest BCUT2D eigenvalue weighted by atomic mass is 9.35. The van der Waals surface area contributed by atoms with Crippen LogP contribution in [0.15, 0.2) is 60.1 Å². The van der Waals surface area contributed by atoms with E-state index in [9.17, 15) is 8.78 Å². The second-order valence-corrected chi connectivity index (χ2v) is 22.5. The van der Waals surface area contributed by atoms with E-state index in [-0.39, 0.29) is 18.1 Å². The molecule has 5 aromatic carbocycles. The Morgan fingerprint density at radius 1 is 0.500 bits per heavy atom. The average Bonchev–Trinajstić information content (AvgIpc) is 3.11. The van der Waals surface area contributed by atoms with E-state index in [1.807, 2.05) is 65.8 Å². The lowest BCUT2D eigenvalue weighted by molar-refractivity contribution is 0.382. The molecule has 0 amide bonds. The van der Waals surface area contributed by atoms with Gasteiger partial charge in [-0.15, -0.1) is 0 Å². The first-order valence-corrected chi connectivity index (χ1v) is 22.9. The van der Waals surface area contributed by atoms with Crippen molar-refractivity contribution < 1.29 is 43.9 Å². The van der Waals surface area contributed by atoms with Crippen LogP contribution in [0, 0.1) is 99.7 Å². The second kappa shape index (κ2) is 16.4. The van der Waals surface area contributed by atoms with Crippen molar-refractivity contribution in [1.29, 1.82) is 0 Å². The molecular weight excluding hydrogens is 776 g/mol. The van der Waals surface area contributed by atoms with Crippen molar-refractivity contribution in [2.75, 3.05) is 6.16 Å². The summed E-state index contributed by atoms with van der Waals surface area (Å²) < 4.78 is 155. The first-order chi connectivity index (χ1) is 26.1. The summed E-state index contributed by atoms with van der Waals surface area (Å²) >= 11 is 0. The van der Waals surface area contributed by atoms with Gasteiger partial charge < -0.3 is 0 Å². The minimum Gasteiger partial charge on any atom is -0.204 e. The molecule has 0 N–H and O–H groups in total. The van der Waals surface area contributed by atoms with Gasteiger partial charge in [0.2, 0.25) is 0 Å². The van der Waals surface area contributed by atoms with E-state index in [2.05, 4.69) is 0 Å². The van der Waals surface area contributed by atoms with Crippen molar-refractivity contribution >= 4 is 49.4 Å². The number of allylic oxidation sites excluding steroid dienone is 1. The normalized spacial score (nSPS) is 12.4. The molecule has 294 valence electrons. The minimum absolute atomic E-state index is 0.0995. The lowest BCUT2D eigenvalue weighted by Crippen LogP contribution is -2.53. The standard InChI is InChI=1S/C43H40BF10PSi/c1-21-17-23(3)41(24(4)18-21)55(42-25(5)19-22(2)20-26(42)6)16-15-28(43(56(7,8)9)27-13-11-10-12-14-27)44(29-31(45)35(49)39(53)36(50)32(29)46)30-33(47)37(51)40(54)38(52)34(30)48/h10-14,17-20H,15-16H2,1-9H3/b43-28-. The van der Waals surface area contributed by atoms with Gasteiger partial charge in [0.1, 0.15) is 0 Å². The van der Waals surface area contributed by atoms with Crippen LogP contribution in [-0.2, 0) is 0 Å². The highest BCUT2D eigenvalue weighted by Gasteiger charge is 2.44. The Morgan fingerprint density at radius 2 is 0.821 bits per heavy atom. The summed E-state index contributed by atoms with van der Waals surface area (Å²) in [6.45, 7) is 14.4. The SMILES string of the molecule is Cc1cc(C)c(P(CC/C(B(c2c(F)c(F)c(F)c(F)c2F)c2c(F)c(F)c(F)c(F)c2F)=C(\c2ccccc2)[Si](C)(C)C)c2c(C)cc(C)cc2C)c(C)c1. The van der Waals surface area contributed by atoms with Gasteiger partial charge in [0.05, 0.1) is 8.07 Å². The Kier molecular flexibility index (Phi) is 12.6. The van der Waals surface area contributed by atoms with Gasteiger partial charge in [0, 0.05) is 10.9 Å². The monoisotopic (exact) mass is 816 g/mol. The van der Waals surface area contributed by atoms with Gasteiger partial charge in [-0.1, -0.05) is 96.0 Å². The highest BCUT2D eigenvalue weighted by atomic mass is 31.1. The van der Waals surface area contributed by atoms with E-state index in [4.69, 9.17) is 0 Å². The molecular formula is C43H40BF10PSi. The summed E-state index contributed by atoms with van der Waals surface area (Å²) in [5.74, 6) is -24.6. The number of aryl methyl sites for hydroxylation is 6. The molecule has 0 aliphatic carbocycles. The van der Waals surface area contributed by atoms with Crippen molar-refractivity contribution in [2.45, 2.75) is 67.6 Å². The fraction of sp³-hybridized carbons (Fsp3) is 0.256. The molecule has 0 fully saturated rings. The molecule has 0 saturated carbocycles. The predicted octanol–water partition coefficient (Wildman–Crippen LogP) is 10.9. The molecule has 0 spiro atoms. The number of benzene rings is 5. The maximum atomic E-state index is 16.2. The quantitative estimate of drug-likeness (QED) is 0.0433. The van der Waals surface area contributed by atoms with Crippen LogP contribution in [0.5, 0.6) is 0 Å². The summed E-state index contributed by atoms with van der Waals surface area (Å²) in [5.41, 5.74) is 2.38. The zero-order chi connectivity index (χ0) is 41.7. The Balaban J connectivity index is 1.99. The number of hydrogen-bond donors (Lipinski definition) is 0. The molecule has 0 atom stereocenters. The summed E-state index contributed by atoms with van der Waals surface area (Å²) in [7, 11) is -4.44. The first-order valence-electron chi connectivity index (χ1n) is 17.8. The van der Waals surface area contributed by atoms with Gasteiger partial charge >= 0.3 is 0 Å². The summed E-state index contributed by atoms with van der Waals surface area (Å²) in [5, 5.41) is 2.18. The third-order valence-electron chi connectivity index (χ3n) is 9.96. The predicted molar refractivity (Wildman–Crippen MR) is 211 cm³/mol. The van der Waals surface area contributed by atoms with Crippen LogP contribution in [0.1, 0.15) is 45.4 Å². The topological polar surface area (TPSA) is 0 Å². The van der Waals surface area contributed by atoms with Gasteiger partial charge in [0.15, 0.2) is 58.2 Å². The molecule has 0 radical (unpaired) electrons. The molecule has 13 heteroatoms. The third kappa shape index (κ3) is 7.88.